The van der Waals surface area contributed by atoms with Gasteiger partial charge in [-0.2, -0.15) is 0 Å². The van der Waals surface area contributed by atoms with Crippen LogP contribution in [-0.4, -0.2) is 12.6 Å². The molecule has 0 fully saturated rings. The highest BCUT2D eigenvalue weighted by molar-refractivity contribution is 5.70. The van der Waals surface area contributed by atoms with Crippen molar-refractivity contribution in [1.82, 2.24) is 0 Å². The standard InChI is InChI=1S/C18H18O2/c19-18(14-13-17-10-5-2-6-11-17)20-15-7-12-16-8-3-1-4-9-16/h1-12H,13-15H2. The van der Waals surface area contributed by atoms with Gasteiger partial charge in [0.2, 0.25) is 0 Å². The van der Waals surface area contributed by atoms with E-state index in [0.717, 1.165) is 17.5 Å². The molecule has 0 unspecified atom stereocenters. The van der Waals surface area contributed by atoms with Gasteiger partial charge in [0.15, 0.2) is 0 Å². The highest BCUT2D eigenvalue weighted by atomic mass is 16.5. The molecule has 2 aromatic carbocycles. The second kappa shape index (κ2) is 7.95. The van der Waals surface area contributed by atoms with Crippen molar-refractivity contribution in [2.24, 2.45) is 0 Å². The minimum Gasteiger partial charge on any atom is -0.461 e. The summed E-state index contributed by atoms with van der Waals surface area (Å²) in [5.74, 6) is -0.161. The summed E-state index contributed by atoms with van der Waals surface area (Å²) in [4.78, 5) is 11.6. The molecule has 2 heteroatoms. The maximum atomic E-state index is 11.6. The van der Waals surface area contributed by atoms with Crippen molar-refractivity contribution in [1.29, 1.82) is 0 Å². The summed E-state index contributed by atoms with van der Waals surface area (Å²) in [5.41, 5.74) is 2.26. The summed E-state index contributed by atoms with van der Waals surface area (Å²) in [6, 6.07) is 19.9. The van der Waals surface area contributed by atoms with E-state index in [1.54, 1.807) is 0 Å². The minimum absolute atomic E-state index is 0.161. The molecule has 0 bridgehead atoms. The van der Waals surface area contributed by atoms with Crippen molar-refractivity contribution < 1.29 is 9.53 Å². The smallest absolute Gasteiger partial charge is 0.306 e. The zero-order valence-corrected chi connectivity index (χ0v) is 11.4. The fourth-order valence-corrected chi connectivity index (χ4v) is 1.85. The number of rotatable bonds is 6. The fourth-order valence-electron chi connectivity index (χ4n) is 1.85. The lowest BCUT2D eigenvalue weighted by atomic mass is 10.1. The molecule has 2 aromatic rings. The molecule has 0 aliphatic rings. The van der Waals surface area contributed by atoms with Crippen LogP contribution >= 0.6 is 0 Å². The predicted molar refractivity (Wildman–Crippen MR) is 81.2 cm³/mol. The third kappa shape index (κ3) is 5.11. The molecule has 0 aliphatic carbocycles. The fraction of sp³-hybridized carbons (Fsp3) is 0.167. The van der Waals surface area contributed by atoms with Gasteiger partial charge in [0.25, 0.3) is 0 Å². The van der Waals surface area contributed by atoms with Crippen molar-refractivity contribution in [2.75, 3.05) is 6.61 Å². The molecule has 0 amide bonds. The molecule has 0 saturated carbocycles. The molecule has 0 N–H and O–H groups in total. The van der Waals surface area contributed by atoms with Crippen molar-refractivity contribution in [3.05, 3.63) is 77.9 Å². The van der Waals surface area contributed by atoms with E-state index in [-0.39, 0.29) is 5.97 Å². The number of hydrogen-bond acceptors (Lipinski definition) is 2. The Morgan fingerprint density at radius 2 is 1.60 bits per heavy atom. The van der Waals surface area contributed by atoms with Gasteiger partial charge in [-0.05, 0) is 23.6 Å². The number of ether oxygens (including phenoxy) is 1. The second-order valence-electron chi connectivity index (χ2n) is 4.48. The van der Waals surface area contributed by atoms with Gasteiger partial charge in [-0.1, -0.05) is 66.7 Å². The molecule has 0 radical (unpaired) electrons. The van der Waals surface area contributed by atoms with Crippen LogP contribution in [0.25, 0.3) is 6.08 Å². The Hall–Kier alpha value is -2.35. The highest BCUT2D eigenvalue weighted by Crippen LogP contribution is 2.04. The molecular formula is C18H18O2. The molecule has 2 rings (SSSR count). The first-order valence-electron chi connectivity index (χ1n) is 6.76. The monoisotopic (exact) mass is 266 g/mol. The summed E-state index contributed by atoms with van der Waals surface area (Å²) in [6.07, 6.45) is 4.95. The Morgan fingerprint density at radius 1 is 0.950 bits per heavy atom. The van der Waals surface area contributed by atoms with E-state index in [1.165, 1.54) is 0 Å². The van der Waals surface area contributed by atoms with E-state index in [2.05, 4.69) is 0 Å². The molecule has 0 atom stereocenters. The van der Waals surface area contributed by atoms with Gasteiger partial charge in [0, 0.05) is 6.42 Å². The van der Waals surface area contributed by atoms with Crippen molar-refractivity contribution in [2.45, 2.75) is 12.8 Å². The van der Waals surface area contributed by atoms with Gasteiger partial charge in [-0.3, -0.25) is 4.79 Å². The third-order valence-corrected chi connectivity index (χ3v) is 2.91. The second-order valence-corrected chi connectivity index (χ2v) is 4.48. The highest BCUT2D eigenvalue weighted by Gasteiger charge is 2.01. The van der Waals surface area contributed by atoms with E-state index in [0.29, 0.717) is 13.0 Å². The van der Waals surface area contributed by atoms with Crippen molar-refractivity contribution in [3.8, 4) is 0 Å². The average molecular weight is 266 g/mol. The molecule has 0 saturated heterocycles. The lowest BCUT2D eigenvalue weighted by Crippen LogP contribution is -2.05. The molecule has 0 aliphatic heterocycles. The normalized spacial score (nSPS) is 10.6. The number of hydrogen-bond donors (Lipinski definition) is 0. The summed E-state index contributed by atoms with van der Waals surface area (Å²) in [5, 5.41) is 0. The van der Waals surface area contributed by atoms with Crippen LogP contribution in [-0.2, 0) is 16.0 Å². The lowest BCUT2D eigenvalue weighted by molar-refractivity contribution is -0.142. The topological polar surface area (TPSA) is 26.3 Å². The van der Waals surface area contributed by atoms with Crippen LogP contribution in [0, 0.1) is 0 Å². The Labute approximate surface area is 119 Å². The van der Waals surface area contributed by atoms with Crippen LogP contribution in [0.4, 0.5) is 0 Å². The third-order valence-electron chi connectivity index (χ3n) is 2.91. The number of esters is 1. The van der Waals surface area contributed by atoms with E-state index < -0.39 is 0 Å². The SMILES string of the molecule is O=C(CCc1ccccc1)OCC=Cc1ccccc1. The van der Waals surface area contributed by atoms with Crippen LogP contribution < -0.4 is 0 Å². The first-order chi connectivity index (χ1) is 9.84. The van der Waals surface area contributed by atoms with Crippen LogP contribution in [0.3, 0.4) is 0 Å². The Kier molecular flexibility index (Phi) is 5.59. The number of carbonyl (C=O) groups excluding carboxylic acids is 1. The number of aryl methyl sites for hydroxylation is 1. The first-order valence-corrected chi connectivity index (χ1v) is 6.76. The van der Waals surface area contributed by atoms with E-state index in [1.807, 2.05) is 72.8 Å². The summed E-state index contributed by atoms with van der Waals surface area (Å²) in [6.45, 7) is 0.322. The molecule has 2 nitrogen and oxygen atoms in total. The maximum Gasteiger partial charge on any atom is 0.306 e. The minimum atomic E-state index is -0.161. The van der Waals surface area contributed by atoms with Crippen LogP contribution in [0.5, 0.6) is 0 Å². The lowest BCUT2D eigenvalue weighted by Gasteiger charge is -2.02. The van der Waals surface area contributed by atoms with E-state index >= 15 is 0 Å². The Morgan fingerprint density at radius 3 is 2.30 bits per heavy atom. The maximum absolute atomic E-state index is 11.6. The van der Waals surface area contributed by atoms with Crippen LogP contribution in [0.1, 0.15) is 17.5 Å². The zero-order chi connectivity index (χ0) is 14.0. The average Bonchev–Trinajstić information content (AvgIpc) is 2.52. The molecule has 102 valence electrons. The zero-order valence-electron chi connectivity index (χ0n) is 11.4. The number of carbonyl (C=O) groups is 1. The first kappa shape index (κ1) is 14.1. The molecule has 0 aromatic heterocycles. The predicted octanol–water partition coefficient (Wildman–Crippen LogP) is 3.88. The summed E-state index contributed by atoms with van der Waals surface area (Å²) >= 11 is 0. The van der Waals surface area contributed by atoms with Crippen LogP contribution in [0.2, 0.25) is 0 Å². The quantitative estimate of drug-likeness (QED) is 0.742. The molecule has 20 heavy (non-hydrogen) atoms. The van der Waals surface area contributed by atoms with Gasteiger partial charge in [0.1, 0.15) is 6.61 Å². The van der Waals surface area contributed by atoms with Gasteiger partial charge < -0.3 is 4.74 Å². The van der Waals surface area contributed by atoms with Crippen LogP contribution in [0.15, 0.2) is 66.7 Å². The summed E-state index contributed by atoms with van der Waals surface area (Å²) < 4.78 is 5.16. The van der Waals surface area contributed by atoms with E-state index in [9.17, 15) is 4.79 Å². The molecular weight excluding hydrogens is 248 g/mol. The molecule has 0 spiro atoms. The van der Waals surface area contributed by atoms with Gasteiger partial charge >= 0.3 is 5.97 Å². The van der Waals surface area contributed by atoms with Crippen molar-refractivity contribution >= 4 is 12.0 Å². The number of benzene rings is 2. The largest absolute Gasteiger partial charge is 0.461 e. The molecule has 0 heterocycles. The summed E-state index contributed by atoms with van der Waals surface area (Å²) in [7, 11) is 0. The Balaban J connectivity index is 1.67. The Bertz CT molecular complexity index is 544. The van der Waals surface area contributed by atoms with E-state index in [4.69, 9.17) is 4.74 Å². The van der Waals surface area contributed by atoms with Gasteiger partial charge in [-0.15, -0.1) is 0 Å². The van der Waals surface area contributed by atoms with Gasteiger partial charge in [0.05, 0.1) is 0 Å². The van der Waals surface area contributed by atoms with Gasteiger partial charge in [-0.25, -0.2) is 0 Å². The van der Waals surface area contributed by atoms with Crippen molar-refractivity contribution in [3.63, 3.8) is 0 Å².